The van der Waals surface area contributed by atoms with Crippen molar-refractivity contribution < 1.29 is 28.9 Å². The van der Waals surface area contributed by atoms with Gasteiger partial charge in [0.15, 0.2) is 0 Å². The molecule has 0 radical (unpaired) electrons. The van der Waals surface area contributed by atoms with E-state index in [1.165, 1.54) is 7.11 Å². The molecule has 1 N–H and O–H groups in total. The Bertz CT molecular complexity index is 969. The second kappa shape index (κ2) is 11.2. The van der Waals surface area contributed by atoms with Crippen LogP contribution in [0.15, 0.2) is 17.8 Å². The number of aryl methyl sites for hydroxylation is 1. The fourth-order valence-corrected chi connectivity index (χ4v) is 5.50. The Kier molecular flexibility index (Phi) is 8.84. The Morgan fingerprint density at radius 1 is 1.28 bits per heavy atom. The van der Waals surface area contributed by atoms with E-state index in [1.54, 1.807) is 25.5 Å². The fourth-order valence-electron chi connectivity index (χ4n) is 5.50. The van der Waals surface area contributed by atoms with Crippen molar-refractivity contribution in [1.82, 2.24) is 9.78 Å². The van der Waals surface area contributed by atoms with Gasteiger partial charge in [-0.3, -0.25) is 14.3 Å². The molecule has 1 aromatic rings. The maximum absolute atomic E-state index is 13.4. The molecule has 2 saturated heterocycles. The lowest BCUT2D eigenvalue weighted by Crippen LogP contribution is -2.46. The highest BCUT2D eigenvalue weighted by atomic mass is 16.6. The van der Waals surface area contributed by atoms with E-state index in [1.807, 2.05) is 39.2 Å². The van der Waals surface area contributed by atoms with Crippen LogP contribution in [0, 0.1) is 17.3 Å². The van der Waals surface area contributed by atoms with Gasteiger partial charge in [0.1, 0.15) is 11.9 Å². The second-order valence-electron chi connectivity index (χ2n) is 11.6. The normalized spacial score (nSPS) is 36.8. The molecule has 2 aliphatic heterocycles. The number of aliphatic hydroxyl groups excluding tert-OH is 1. The second-order valence-corrected chi connectivity index (χ2v) is 11.6. The Morgan fingerprint density at radius 2 is 1.97 bits per heavy atom. The molecule has 0 saturated carbocycles. The van der Waals surface area contributed by atoms with Gasteiger partial charge in [-0.15, -0.1) is 0 Å². The molecular weight excluding hydrogens is 460 g/mol. The molecular formula is C28H44N2O6. The highest BCUT2D eigenvalue weighted by Gasteiger charge is 2.53. The number of rotatable bonds is 3. The summed E-state index contributed by atoms with van der Waals surface area (Å²) in [6, 6.07) is 1.91. The van der Waals surface area contributed by atoms with E-state index in [2.05, 4.69) is 12.0 Å². The number of hydrogen-bond donors (Lipinski definition) is 1. The molecule has 0 bridgehead atoms. The van der Waals surface area contributed by atoms with Crippen molar-refractivity contribution in [3.05, 3.63) is 23.5 Å². The zero-order valence-corrected chi connectivity index (χ0v) is 23.1. The third-order valence-corrected chi connectivity index (χ3v) is 8.27. The number of carbonyl (C=O) groups is 2. The van der Waals surface area contributed by atoms with E-state index in [4.69, 9.17) is 14.2 Å². The van der Waals surface area contributed by atoms with E-state index < -0.39 is 35.6 Å². The standard InChI is InChI=1S/C28H44N2O6/c1-17-10-9-12-28(6)23(36-28)15-21(18(2)14-20-11-13-30(7)29-20)35-24(31)16-22(34-8)27(4,5)26(33)19(3)25(17)32/h11,13-14,17,19,21-23,25,32H,9-10,12,15-16H2,1-8H3/b18-14+/t17-,19+,21-,22-,23-,25-,28+/m0/s1. The number of aliphatic hydroxyl groups is 1. The molecule has 0 amide bonds. The number of epoxide rings is 1. The summed E-state index contributed by atoms with van der Waals surface area (Å²) in [6.45, 7) is 11.3. The van der Waals surface area contributed by atoms with E-state index in [-0.39, 0.29) is 29.8 Å². The summed E-state index contributed by atoms with van der Waals surface area (Å²) in [6.07, 6.45) is 4.86. The number of esters is 1. The van der Waals surface area contributed by atoms with E-state index in [9.17, 15) is 14.7 Å². The topological polar surface area (TPSA) is 103 Å². The van der Waals surface area contributed by atoms with Crippen LogP contribution in [-0.2, 0) is 30.8 Å². The van der Waals surface area contributed by atoms with Gasteiger partial charge in [-0.1, -0.05) is 34.1 Å². The molecule has 7 atom stereocenters. The van der Waals surface area contributed by atoms with Crippen LogP contribution in [0.5, 0.6) is 0 Å². The average Bonchev–Trinajstić information content (AvgIpc) is 3.26. The van der Waals surface area contributed by atoms with Crippen molar-refractivity contribution in [3.63, 3.8) is 0 Å². The zero-order chi connectivity index (χ0) is 26.8. The van der Waals surface area contributed by atoms with E-state index in [0.29, 0.717) is 6.42 Å². The third-order valence-electron chi connectivity index (χ3n) is 8.27. The predicted octanol–water partition coefficient (Wildman–Crippen LogP) is 4.10. The summed E-state index contributed by atoms with van der Waals surface area (Å²) in [7, 11) is 3.36. The molecule has 1 aromatic heterocycles. The monoisotopic (exact) mass is 504 g/mol. The summed E-state index contributed by atoms with van der Waals surface area (Å²) < 4.78 is 19.5. The van der Waals surface area contributed by atoms with Gasteiger partial charge >= 0.3 is 5.97 Å². The fraction of sp³-hybridized carbons (Fsp3) is 0.750. The van der Waals surface area contributed by atoms with Gasteiger partial charge in [0.05, 0.1) is 41.4 Å². The number of hydrogen-bond acceptors (Lipinski definition) is 7. The largest absolute Gasteiger partial charge is 0.458 e. The quantitative estimate of drug-likeness (QED) is 0.488. The summed E-state index contributed by atoms with van der Waals surface area (Å²) in [5, 5.41) is 15.3. The van der Waals surface area contributed by atoms with Gasteiger partial charge in [0.2, 0.25) is 0 Å². The minimum Gasteiger partial charge on any atom is -0.458 e. The molecule has 8 nitrogen and oxygen atoms in total. The minimum absolute atomic E-state index is 0.0225. The number of aromatic nitrogens is 2. The van der Waals surface area contributed by atoms with Crippen LogP contribution in [0.4, 0.5) is 0 Å². The SMILES string of the molecule is CO[C@H]1CC(=O)O[C@H](/C(C)=C/c2ccn(C)n2)C[C@@H]2O[C@]2(C)CCC[C@H](C)[C@H](O)[C@@H](C)C(=O)C1(C)C. The molecule has 0 aromatic carbocycles. The first-order valence-corrected chi connectivity index (χ1v) is 13.1. The molecule has 0 spiro atoms. The maximum atomic E-state index is 13.4. The number of Topliss-reactive ketones (excluding diaryl/α,β-unsaturated/α-hetero) is 1. The number of nitrogens with zero attached hydrogens (tertiary/aromatic N) is 2. The Labute approximate surface area is 215 Å². The molecule has 36 heavy (non-hydrogen) atoms. The summed E-state index contributed by atoms with van der Waals surface area (Å²) in [4.78, 5) is 26.6. The van der Waals surface area contributed by atoms with Crippen LogP contribution in [0.25, 0.3) is 6.08 Å². The number of ether oxygens (including phenoxy) is 3. The number of fused-ring (bicyclic) bond motifs is 1. The number of methoxy groups -OCH3 is 1. The number of carbonyl (C=O) groups excluding carboxylic acids is 2. The Hall–Kier alpha value is -2.03. The van der Waals surface area contributed by atoms with Crippen LogP contribution < -0.4 is 0 Å². The van der Waals surface area contributed by atoms with Gasteiger partial charge < -0.3 is 19.3 Å². The van der Waals surface area contributed by atoms with Gasteiger partial charge in [0.25, 0.3) is 0 Å². The summed E-state index contributed by atoms with van der Waals surface area (Å²) >= 11 is 0. The van der Waals surface area contributed by atoms with Gasteiger partial charge in [-0.05, 0) is 50.3 Å². The molecule has 3 heterocycles. The first-order valence-electron chi connectivity index (χ1n) is 13.1. The lowest BCUT2D eigenvalue weighted by molar-refractivity contribution is -0.156. The highest BCUT2D eigenvalue weighted by molar-refractivity contribution is 5.88. The van der Waals surface area contributed by atoms with Crippen LogP contribution in [0.1, 0.15) is 79.3 Å². The first kappa shape index (κ1) is 28.5. The molecule has 8 heteroatoms. The third kappa shape index (κ3) is 6.45. The van der Waals surface area contributed by atoms with Gasteiger partial charge in [-0.2, -0.15) is 5.10 Å². The lowest BCUT2D eigenvalue weighted by atomic mass is 9.72. The van der Waals surface area contributed by atoms with Crippen LogP contribution >= 0.6 is 0 Å². The Morgan fingerprint density at radius 3 is 2.58 bits per heavy atom. The summed E-state index contributed by atoms with van der Waals surface area (Å²) in [5.74, 6) is -1.16. The van der Waals surface area contributed by atoms with Gasteiger partial charge in [-0.25, -0.2) is 0 Å². The minimum atomic E-state index is -0.975. The van der Waals surface area contributed by atoms with Crippen LogP contribution in [-0.4, -0.2) is 63.8 Å². The van der Waals surface area contributed by atoms with Crippen LogP contribution in [0.2, 0.25) is 0 Å². The zero-order valence-electron chi connectivity index (χ0n) is 23.1. The van der Waals surface area contributed by atoms with Crippen molar-refractivity contribution in [3.8, 4) is 0 Å². The van der Waals surface area contributed by atoms with Crippen molar-refractivity contribution in [1.29, 1.82) is 0 Å². The number of ketones is 1. The van der Waals surface area contributed by atoms with Crippen molar-refractivity contribution in [2.45, 2.75) is 104 Å². The van der Waals surface area contributed by atoms with Crippen LogP contribution in [0.3, 0.4) is 0 Å². The number of cyclic esters (lactones) is 1. The predicted molar refractivity (Wildman–Crippen MR) is 137 cm³/mol. The first-order chi connectivity index (χ1) is 16.8. The van der Waals surface area contributed by atoms with Crippen molar-refractivity contribution in [2.75, 3.05) is 7.11 Å². The van der Waals surface area contributed by atoms with E-state index in [0.717, 1.165) is 30.5 Å². The van der Waals surface area contributed by atoms with Crippen molar-refractivity contribution >= 4 is 17.8 Å². The smallest absolute Gasteiger partial charge is 0.309 e. The average molecular weight is 505 g/mol. The molecule has 3 rings (SSSR count). The molecule has 202 valence electrons. The molecule has 2 aliphatic rings. The van der Waals surface area contributed by atoms with E-state index >= 15 is 0 Å². The summed E-state index contributed by atoms with van der Waals surface area (Å²) in [5.41, 5.74) is 0.421. The van der Waals surface area contributed by atoms with Crippen molar-refractivity contribution in [2.24, 2.45) is 24.3 Å². The highest BCUT2D eigenvalue weighted by Crippen LogP contribution is 2.45. The van der Waals surface area contributed by atoms with Gasteiger partial charge in [0, 0.05) is 32.7 Å². The molecule has 0 aliphatic carbocycles. The molecule has 0 unspecified atom stereocenters. The lowest BCUT2D eigenvalue weighted by Gasteiger charge is -2.36. The molecule has 2 fully saturated rings. The Balaban J connectivity index is 1.88. The maximum Gasteiger partial charge on any atom is 0.309 e.